The molecular weight excluding hydrogens is 274 g/mol. The van der Waals surface area contributed by atoms with E-state index >= 15 is 0 Å². The van der Waals surface area contributed by atoms with Gasteiger partial charge in [-0.1, -0.05) is 43.5 Å². The summed E-state index contributed by atoms with van der Waals surface area (Å²) in [4.78, 5) is 11.8. The van der Waals surface area contributed by atoms with Crippen LogP contribution in [0.25, 0.3) is 5.57 Å². The first-order valence-corrected chi connectivity index (χ1v) is 8.05. The second kappa shape index (κ2) is 7.79. The molecule has 116 valence electrons. The van der Waals surface area contributed by atoms with Crippen LogP contribution in [0.5, 0.6) is 0 Å². The van der Waals surface area contributed by atoms with Crippen LogP contribution in [0.2, 0.25) is 0 Å². The van der Waals surface area contributed by atoms with Crippen LogP contribution in [0.1, 0.15) is 63.0 Å². The number of nitriles is 1. The molecule has 0 unspecified atom stereocenters. The minimum atomic E-state index is -0.543. The molecule has 3 heteroatoms. The summed E-state index contributed by atoms with van der Waals surface area (Å²) in [6.45, 7) is 3.81. The summed E-state index contributed by atoms with van der Waals surface area (Å²) < 4.78 is 4.94. The van der Waals surface area contributed by atoms with Gasteiger partial charge in [-0.2, -0.15) is 5.26 Å². The van der Waals surface area contributed by atoms with Gasteiger partial charge in [0.25, 0.3) is 0 Å². The predicted molar refractivity (Wildman–Crippen MR) is 87.1 cm³/mol. The molecule has 0 aliphatic heterocycles. The Morgan fingerprint density at radius 1 is 1.23 bits per heavy atom. The molecule has 0 radical (unpaired) electrons. The number of allylic oxidation sites excluding steroid dienone is 1. The molecule has 1 fully saturated rings. The van der Waals surface area contributed by atoms with Gasteiger partial charge in [0.05, 0.1) is 6.61 Å². The van der Waals surface area contributed by atoms with Crippen LogP contribution >= 0.6 is 0 Å². The van der Waals surface area contributed by atoms with E-state index in [-0.39, 0.29) is 12.2 Å². The zero-order chi connectivity index (χ0) is 15.9. The summed E-state index contributed by atoms with van der Waals surface area (Å²) in [6.07, 6.45) is 6.50. The van der Waals surface area contributed by atoms with Crippen molar-refractivity contribution >= 4 is 11.5 Å². The fourth-order valence-corrected chi connectivity index (χ4v) is 3.07. The van der Waals surface area contributed by atoms with Gasteiger partial charge < -0.3 is 4.74 Å². The summed E-state index contributed by atoms with van der Waals surface area (Å²) in [5, 5.41) is 9.20. The number of carbonyl (C=O) groups is 1. The van der Waals surface area contributed by atoms with E-state index in [1.54, 1.807) is 13.8 Å². The molecule has 0 saturated heterocycles. The number of hydrogen-bond acceptors (Lipinski definition) is 3. The molecule has 0 heterocycles. The lowest BCUT2D eigenvalue weighted by Gasteiger charge is -2.22. The average Bonchev–Trinajstić information content (AvgIpc) is 2.56. The molecule has 3 nitrogen and oxygen atoms in total. The lowest BCUT2D eigenvalue weighted by atomic mass is 9.83. The van der Waals surface area contributed by atoms with Crippen LogP contribution in [0.4, 0.5) is 0 Å². The molecule has 22 heavy (non-hydrogen) atoms. The Kier molecular flexibility index (Phi) is 5.77. The molecule has 1 aliphatic rings. The van der Waals surface area contributed by atoms with Gasteiger partial charge in [0, 0.05) is 0 Å². The lowest BCUT2D eigenvalue weighted by Crippen LogP contribution is -2.08. The highest BCUT2D eigenvalue weighted by Crippen LogP contribution is 2.33. The van der Waals surface area contributed by atoms with Crippen LogP contribution in [-0.2, 0) is 9.53 Å². The van der Waals surface area contributed by atoms with Crippen molar-refractivity contribution in [2.24, 2.45) is 0 Å². The Balaban J connectivity index is 2.21. The van der Waals surface area contributed by atoms with Crippen LogP contribution < -0.4 is 0 Å². The van der Waals surface area contributed by atoms with Gasteiger partial charge in [-0.25, -0.2) is 4.79 Å². The fourth-order valence-electron chi connectivity index (χ4n) is 3.07. The van der Waals surface area contributed by atoms with Gasteiger partial charge in [-0.3, -0.25) is 0 Å². The van der Waals surface area contributed by atoms with Gasteiger partial charge in [0.2, 0.25) is 0 Å². The van der Waals surface area contributed by atoms with Crippen LogP contribution in [0.15, 0.2) is 29.8 Å². The largest absolute Gasteiger partial charge is 0.462 e. The highest BCUT2D eigenvalue weighted by Gasteiger charge is 2.17. The van der Waals surface area contributed by atoms with E-state index < -0.39 is 5.97 Å². The standard InChI is InChI=1S/C19H23NO2/c1-3-22-19(21)18(13-20)14(2)15-9-11-17(12-10-15)16-7-5-4-6-8-16/h9-12,16H,3-8H2,1-2H3. The number of carbonyl (C=O) groups excluding carboxylic acids is 1. The zero-order valence-electron chi connectivity index (χ0n) is 13.4. The topological polar surface area (TPSA) is 50.1 Å². The van der Waals surface area contributed by atoms with E-state index in [9.17, 15) is 10.1 Å². The van der Waals surface area contributed by atoms with Gasteiger partial charge in [-0.15, -0.1) is 0 Å². The van der Waals surface area contributed by atoms with Crippen molar-refractivity contribution in [2.75, 3.05) is 6.61 Å². The molecule has 1 aromatic carbocycles. The summed E-state index contributed by atoms with van der Waals surface area (Å²) in [5.41, 5.74) is 3.04. The molecule has 1 aromatic rings. The van der Waals surface area contributed by atoms with Crippen molar-refractivity contribution in [2.45, 2.75) is 51.9 Å². The van der Waals surface area contributed by atoms with E-state index in [0.717, 1.165) is 5.56 Å². The Morgan fingerprint density at radius 3 is 2.41 bits per heavy atom. The lowest BCUT2D eigenvalue weighted by molar-refractivity contribution is -0.137. The molecule has 0 aromatic heterocycles. The maximum absolute atomic E-state index is 11.8. The first-order valence-electron chi connectivity index (χ1n) is 8.05. The summed E-state index contributed by atoms with van der Waals surface area (Å²) >= 11 is 0. The Labute approximate surface area is 132 Å². The van der Waals surface area contributed by atoms with Crippen molar-refractivity contribution in [1.29, 1.82) is 5.26 Å². The molecular formula is C19H23NO2. The van der Waals surface area contributed by atoms with Crippen molar-refractivity contribution in [3.05, 3.63) is 41.0 Å². The third-order valence-corrected chi connectivity index (χ3v) is 4.39. The van der Waals surface area contributed by atoms with Crippen molar-refractivity contribution in [3.63, 3.8) is 0 Å². The quantitative estimate of drug-likeness (QED) is 0.464. The number of nitrogens with zero attached hydrogens (tertiary/aromatic N) is 1. The third-order valence-electron chi connectivity index (χ3n) is 4.39. The number of benzene rings is 1. The van der Waals surface area contributed by atoms with E-state index in [2.05, 4.69) is 12.1 Å². The van der Waals surface area contributed by atoms with Gasteiger partial charge in [-0.05, 0) is 49.3 Å². The van der Waals surface area contributed by atoms with Crippen molar-refractivity contribution < 1.29 is 9.53 Å². The van der Waals surface area contributed by atoms with E-state index in [4.69, 9.17) is 4.74 Å². The van der Waals surface area contributed by atoms with Crippen molar-refractivity contribution in [3.8, 4) is 6.07 Å². The van der Waals surface area contributed by atoms with E-state index in [1.807, 2.05) is 18.2 Å². The van der Waals surface area contributed by atoms with Crippen LogP contribution in [0, 0.1) is 11.3 Å². The second-order valence-electron chi connectivity index (χ2n) is 5.79. The first kappa shape index (κ1) is 16.3. The molecule has 0 N–H and O–H groups in total. The Bertz CT molecular complexity index is 587. The number of esters is 1. The van der Waals surface area contributed by atoms with Gasteiger partial charge >= 0.3 is 5.97 Å². The first-order chi connectivity index (χ1) is 10.7. The normalized spacial score (nSPS) is 16.6. The van der Waals surface area contributed by atoms with Gasteiger partial charge in [0.1, 0.15) is 11.6 Å². The molecule has 0 amide bonds. The second-order valence-corrected chi connectivity index (χ2v) is 5.79. The summed E-state index contributed by atoms with van der Waals surface area (Å²) in [6, 6.07) is 10.3. The Morgan fingerprint density at radius 2 is 1.86 bits per heavy atom. The summed E-state index contributed by atoms with van der Waals surface area (Å²) in [7, 11) is 0. The molecule has 1 aliphatic carbocycles. The van der Waals surface area contributed by atoms with Gasteiger partial charge in [0.15, 0.2) is 0 Å². The predicted octanol–water partition coefficient (Wildman–Crippen LogP) is 4.59. The van der Waals surface area contributed by atoms with Crippen LogP contribution in [0.3, 0.4) is 0 Å². The number of hydrogen-bond donors (Lipinski definition) is 0. The molecule has 0 spiro atoms. The highest BCUT2D eigenvalue weighted by molar-refractivity contribution is 6.01. The summed E-state index contributed by atoms with van der Waals surface area (Å²) in [5.74, 6) is 0.117. The monoisotopic (exact) mass is 297 g/mol. The molecule has 1 saturated carbocycles. The molecule has 2 rings (SSSR count). The average molecular weight is 297 g/mol. The molecule has 0 atom stereocenters. The fraction of sp³-hybridized carbons (Fsp3) is 0.474. The van der Waals surface area contributed by atoms with E-state index in [1.165, 1.54) is 37.7 Å². The highest BCUT2D eigenvalue weighted by atomic mass is 16.5. The SMILES string of the molecule is CCOC(=O)C(C#N)=C(C)c1ccc(C2CCCCC2)cc1. The third kappa shape index (κ3) is 3.76. The smallest absolute Gasteiger partial charge is 0.349 e. The Hall–Kier alpha value is -2.08. The van der Waals surface area contributed by atoms with Crippen molar-refractivity contribution in [1.82, 2.24) is 0 Å². The minimum Gasteiger partial charge on any atom is -0.462 e. The number of rotatable bonds is 4. The van der Waals surface area contributed by atoms with E-state index in [0.29, 0.717) is 11.5 Å². The maximum atomic E-state index is 11.8. The molecule has 0 bridgehead atoms. The van der Waals surface area contributed by atoms with Crippen LogP contribution in [-0.4, -0.2) is 12.6 Å². The maximum Gasteiger partial charge on any atom is 0.349 e. The zero-order valence-corrected chi connectivity index (χ0v) is 13.4. The number of ether oxygens (including phenoxy) is 1. The minimum absolute atomic E-state index is 0.0901.